The Morgan fingerprint density at radius 3 is 2.20 bits per heavy atom. The highest BCUT2D eigenvalue weighted by Crippen LogP contribution is 2.31. The van der Waals surface area contributed by atoms with Crippen LogP contribution in [0.1, 0.15) is 11.1 Å². The molecule has 0 aliphatic carbocycles. The number of anilines is 1. The van der Waals surface area contributed by atoms with Gasteiger partial charge in [0.15, 0.2) is 0 Å². The molecule has 1 aliphatic heterocycles. The van der Waals surface area contributed by atoms with Gasteiger partial charge in [0.05, 0.1) is 17.3 Å². The number of carbonyl (C=O) groups excluding carboxylic acids is 2. The Morgan fingerprint density at radius 2 is 1.64 bits per heavy atom. The third-order valence-electron chi connectivity index (χ3n) is 3.71. The normalized spacial score (nSPS) is 15.8. The fourth-order valence-corrected chi connectivity index (χ4v) is 2.98. The van der Waals surface area contributed by atoms with Gasteiger partial charge in [-0.1, -0.05) is 35.3 Å². The number of carbonyl (C=O) groups is 2. The molecule has 1 aliphatic rings. The molecular formula is C18H11Cl2N3O2. The minimum Gasteiger partial charge on any atom is -0.292 e. The number of hydrogen-bond donors (Lipinski definition) is 0. The lowest BCUT2D eigenvalue weighted by molar-refractivity contribution is -0.114. The molecule has 25 heavy (non-hydrogen) atoms. The molecule has 0 N–H and O–H groups in total. The van der Waals surface area contributed by atoms with Crippen LogP contribution in [0.3, 0.4) is 0 Å². The van der Waals surface area contributed by atoms with Crippen LogP contribution in [-0.4, -0.2) is 23.9 Å². The first-order chi connectivity index (χ1) is 11.9. The molecule has 1 saturated heterocycles. The molecule has 3 rings (SSSR count). The quantitative estimate of drug-likeness (QED) is 0.583. The molecule has 0 radical (unpaired) electrons. The zero-order valence-electron chi connectivity index (χ0n) is 13.0. The first-order valence-corrected chi connectivity index (χ1v) is 7.96. The van der Waals surface area contributed by atoms with Gasteiger partial charge in [0.1, 0.15) is 5.70 Å². The molecule has 0 spiro atoms. The van der Waals surface area contributed by atoms with Crippen molar-refractivity contribution in [2.45, 2.75) is 0 Å². The molecule has 1 fully saturated rings. The SMILES string of the molecule is CN1C(=O)N(c2cc(Cl)cc(Cl)c2)C(=O)/C1=C\c1ccc(C#N)cc1. The molecule has 7 heteroatoms. The maximum absolute atomic E-state index is 12.7. The van der Waals surface area contributed by atoms with Crippen LogP contribution in [0, 0.1) is 11.3 Å². The lowest BCUT2D eigenvalue weighted by Crippen LogP contribution is -2.31. The lowest BCUT2D eigenvalue weighted by Gasteiger charge is -2.14. The summed E-state index contributed by atoms with van der Waals surface area (Å²) < 4.78 is 0. The first kappa shape index (κ1) is 17.0. The Labute approximate surface area is 154 Å². The molecule has 1 heterocycles. The van der Waals surface area contributed by atoms with E-state index in [-0.39, 0.29) is 5.70 Å². The highest BCUT2D eigenvalue weighted by atomic mass is 35.5. The molecular weight excluding hydrogens is 361 g/mol. The highest BCUT2D eigenvalue weighted by molar-refractivity contribution is 6.36. The van der Waals surface area contributed by atoms with Crippen LogP contribution >= 0.6 is 23.2 Å². The summed E-state index contributed by atoms with van der Waals surface area (Å²) in [6.07, 6.45) is 1.59. The Balaban J connectivity index is 2.00. The van der Waals surface area contributed by atoms with E-state index in [0.29, 0.717) is 26.9 Å². The van der Waals surface area contributed by atoms with Crippen LogP contribution in [0.5, 0.6) is 0 Å². The summed E-state index contributed by atoms with van der Waals surface area (Å²) in [5, 5.41) is 9.49. The molecule has 2 aromatic rings. The van der Waals surface area contributed by atoms with Gasteiger partial charge in [0.25, 0.3) is 5.91 Å². The lowest BCUT2D eigenvalue weighted by atomic mass is 10.1. The number of rotatable bonds is 2. The topological polar surface area (TPSA) is 64.4 Å². The maximum Gasteiger partial charge on any atom is 0.336 e. The zero-order chi connectivity index (χ0) is 18.1. The van der Waals surface area contributed by atoms with E-state index in [0.717, 1.165) is 4.90 Å². The fourth-order valence-electron chi connectivity index (χ4n) is 2.46. The van der Waals surface area contributed by atoms with Crippen molar-refractivity contribution in [3.05, 3.63) is 69.3 Å². The van der Waals surface area contributed by atoms with Crippen LogP contribution in [0.25, 0.3) is 6.08 Å². The second-order valence-corrected chi connectivity index (χ2v) is 6.25. The van der Waals surface area contributed by atoms with Gasteiger partial charge in [-0.05, 0) is 42.0 Å². The summed E-state index contributed by atoms with van der Waals surface area (Å²) in [6, 6.07) is 12.7. The standard InChI is InChI=1S/C18H11Cl2N3O2/c1-22-16(6-11-2-4-12(10-21)5-3-11)17(24)23(18(22)25)15-8-13(19)7-14(20)9-15/h2-9H,1H3/b16-6+. The highest BCUT2D eigenvalue weighted by Gasteiger charge is 2.40. The third-order valence-corrected chi connectivity index (χ3v) is 4.15. The van der Waals surface area contributed by atoms with Crippen molar-refractivity contribution in [3.8, 4) is 6.07 Å². The summed E-state index contributed by atoms with van der Waals surface area (Å²) >= 11 is 11.9. The second kappa shape index (κ2) is 6.60. The fraction of sp³-hybridized carbons (Fsp3) is 0.0556. The number of nitriles is 1. The van der Waals surface area contributed by atoms with E-state index in [1.165, 1.54) is 30.1 Å². The van der Waals surface area contributed by atoms with Crippen molar-refractivity contribution >= 4 is 46.9 Å². The van der Waals surface area contributed by atoms with Gasteiger partial charge in [-0.2, -0.15) is 5.26 Å². The van der Waals surface area contributed by atoms with Crippen LogP contribution < -0.4 is 4.90 Å². The smallest absolute Gasteiger partial charge is 0.292 e. The average Bonchev–Trinajstić information content (AvgIpc) is 2.78. The van der Waals surface area contributed by atoms with E-state index in [2.05, 4.69) is 0 Å². The number of nitrogens with zero attached hydrogens (tertiary/aromatic N) is 3. The van der Waals surface area contributed by atoms with Crippen molar-refractivity contribution in [1.29, 1.82) is 5.26 Å². The van der Waals surface area contributed by atoms with Crippen molar-refractivity contribution in [3.63, 3.8) is 0 Å². The maximum atomic E-state index is 12.7. The molecule has 0 atom stereocenters. The Bertz CT molecular complexity index is 926. The summed E-state index contributed by atoms with van der Waals surface area (Å²) in [7, 11) is 1.52. The van der Waals surface area contributed by atoms with Crippen molar-refractivity contribution < 1.29 is 9.59 Å². The van der Waals surface area contributed by atoms with Gasteiger partial charge in [-0.15, -0.1) is 0 Å². The molecule has 3 amide bonds. The van der Waals surface area contributed by atoms with Crippen LogP contribution in [0.15, 0.2) is 48.2 Å². The number of halogens is 2. The minimum absolute atomic E-state index is 0.214. The van der Waals surface area contributed by atoms with E-state index >= 15 is 0 Å². The largest absolute Gasteiger partial charge is 0.336 e. The molecule has 124 valence electrons. The summed E-state index contributed by atoms with van der Waals surface area (Å²) in [5.74, 6) is -0.477. The number of hydrogen-bond acceptors (Lipinski definition) is 3. The number of likely N-dealkylation sites (N-methyl/N-ethyl adjacent to an activating group) is 1. The predicted octanol–water partition coefficient (Wildman–Crippen LogP) is 4.30. The molecule has 2 aromatic carbocycles. The third kappa shape index (κ3) is 3.22. The molecule has 0 unspecified atom stereocenters. The van der Waals surface area contributed by atoms with E-state index < -0.39 is 11.9 Å². The number of imide groups is 1. The van der Waals surface area contributed by atoms with Crippen molar-refractivity contribution in [2.24, 2.45) is 0 Å². The molecule has 0 bridgehead atoms. The summed E-state index contributed by atoms with van der Waals surface area (Å²) in [5.41, 5.74) is 1.74. The summed E-state index contributed by atoms with van der Waals surface area (Å²) in [6.45, 7) is 0. The van der Waals surface area contributed by atoms with Gasteiger partial charge in [0.2, 0.25) is 0 Å². The average molecular weight is 372 g/mol. The molecule has 0 aromatic heterocycles. The monoisotopic (exact) mass is 371 g/mol. The van der Waals surface area contributed by atoms with Gasteiger partial charge in [0, 0.05) is 17.1 Å². The predicted molar refractivity (Wildman–Crippen MR) is 96.2 cm³/mol. The zero-order valence-corrected chi connectivity index (χ0v) is 14.5. The molecule has 0 saturated carbocycles. The second-order valence-electron chi connectivity index (χ2n) is 5.37. The minimum atomic E-state index is -0.497. The van der Waals surface area contributed by atoms with Gasteiger partial charge < -0.3 is 0 Å². The van der Waals surface area contributed by atoms with E-state index in [9.17, 15) is 9.59 Å². The van der Waals surface area contributed by atoms with Crippen molar-refractivity contribution in [2.75, 3.05) is 11.9 Å². The van der Waals surface area contributed by atoms with Crippen molar-refractivity contribution in [1.82, 2.24) is 4.90 Å². The Morgan fingerprint density at radius 1 is 1.04 bits per heavy atom. The Kier molecular flexibility index (Phi) is 4.49. The molecule has 5 nitrogen and oxygen atoms in total. The first-order valence-electron chi connectivity index (χ1n) is 7.21. The van der Waals surface area contributed by atoms with Gasteiger partial charge >= 0.3 is 6.03 Å². The van der Waals surface area contributed by atoms with Gasteiger partial charge in [-0.25, -0.2) is 9.69 Å². The Hall–Kier alpha value is -2.81. The van der Waals surface area contributed by atoms with E-state index in [1.54, 1.807) is 30.3 Å². The van der Waals surface area contributed by atoms with Crippen LogP contribution in [-0.2, 0) is 4.79 Å². The van der Waals surface area contributed by atoms with E-state index in [1.807, 2.05) is 6.07 Å². The van der Waals surface area contributed by atoms with Crippen LogP contribution in [0.4, 0.5) is 10.5 Å². The number of urea groups is 1. The van der Waals surface area contributed by atoms with E-state index in [4.69, 9.17) is 28.5 Å². The van der Waals surface area contributed by atoms with Crippen LogP contribution in [0.2, 0.25) is 10.0 Å². The summed E-state index contributed by atoms with van der Waals surface area (Å²) in [4.78, 5) is 27.5. The number of amides is 3. The number of benzene rings is 2. The van der Waals surface area contributed by atoms with Gasteiger partial charge in [-0.3, -0.25) is 9.69 Å².